The summed E-state index contributed by atoms with van der Waals surface area (Å²) in [4.78, 5) is 24.7. The van der Waals surface area contributed by atoms with Gasteiger partial charge in [-0.1, -0.05) is 29.3 Å². The Morgan fingerprint density at radius 2 is 2.00 bits per heavy atom. The molecule has 0 saturated heterocycles. The molecule has 0 saturated carbocycles. The van der Waals surface area contributed by atoms with Crippen LogP contribution in [-0.4, -0.2) is 67.4 Å². The monoisotopic (exact) mass is 563 g/mol. The first-order valence-electron chi connectivity index (χ1n) is 11.5. The first kappa shape index (κ1) is 27.0. The third-order valence-electron chi connectivity index (χ3n) is 5.91. The number of aromatic nitrogens is 2. The zero-order valence-corrected chi connectivity index (χ0v) is 22.9. The summed E-state index contributed by atoms with van der Waals surface area (Å²) in [7, 11) is -1.79. The van der Waals surface area contributed by atoms with E-state index < -0.39 is 21.5 Å². The molecule has 1 atom stereocenters. The van der Waals surface area contributed by atoms with Gasteiger partial charge in [-0.05, 0) is 43.3 Å². The lowest BCUT2D eigenvalue weighted by Crippen LogP contribution is -2.40. The van der Waals surface area contributed by atoms with Gasteiger partial charge in [-0.2, -0.15) is 0 Å². The van der Waals surface area contributed by atoms with Crippen LogP contribution in [0.4, 0.5) is 17.2 Å². The fourth-order valence-corrected chi connectivity index (χ4v) is 5.14. The van der Waals surface area contributed by atoms with Gasteiger partial charge in [0.25, 0.3) is 0 Å². The van der Waals surface area contributed by atoms with Crippen LogP contribution in [0.3, 0.4) is 0 Å². The second-order valence-electron chi connectivity index (χ2n) is 8.98. The summed E-state index contributed by atoms with van der Waals surface area (Å²) in [5.74, 6) is 0.724. The molecule has 1 aromatic heterocycles. The van der Waals surface area contributed by atoms with Gasteiger partial charge in [-0.15, -0.1) is 0 Å². The van der Waals surface area contributed by atoms with E-state index in [0.29, 0.717) is 46.1 Å². The highest BCUT2D eigenvalue weighted by Crippen LogP contribution is 2.38. The number of benzene rings is 2. The molecule has 1 aliphatic rings. The Labute approximate surface area is 226 Å². The third kappa shape index (κ3) is 6.82. The number of nitrogens with one attached hydrogen (secondary N) is 1. The smallest absolute Gasteiger partial charge is 0.237 e. The quantitative estimate of drug-likeness (QED) is 0.403. The Balaban J connectivity index is 1.49. The van der Waals surface area contributed by atoms with Crippen molar-refractivity contribution < 1.29 is 17.9 Å². The molecule has 2 aromatic carbocycles. The normalized spacial score (nSPS) is 14.8. The van der Waals surface area contributed by atoms with Crippen LogP contribution in [0.25, 0.3) is 0 Å². The number of rotatable bonds is 9. The molecule has 4 rings (SSSR count). The first-order valence-corrected chi connectivity index (χ1v) is 14.3. The number of likely N-dealkylation sites (N-methyl/N-ethyl adjacent to an activating group) is 1. The number of anilines is 3. The summed E-state index contributed by atoms with van der Waals surface area (Å²) in [5, 5.41) is 4.30. The summed E-state index contributed by atoms with van der Waals surface area (Å²) < 4.78 is 28.8. The maximum atomic E-state index is 12.3. The molecule has 0 bridgehead atoms. The minimum Gasteiger partial charge on any atom is -0.456 e. The van der Waals surface area contributed by atoms with Gasteiger partial charge in [0.1, 0.15) is 29.3 Å². The standard InChI is InChI=1S/C25H27Cl2N5O4S/c1-16-11-21-24(32(16)10-9-31(2)23(33)14-37(3,34)35)25(29-15-28-21)30-18-7-8-22(20(27)13-18)36-19-6-4-5-17(26)12-19/h4-8,12-13,15-16H,9-11,14H2,1-3H3,(H,28,29,30). The molecule has 37 heavy (non-hydrogen) atoms. The molecule has 196 valence electrons. The minimum atomic E-state index is -3.39. The van der Waals surface area contributed by atoms with E-state index in [1.165, 1.54) is 11.2 Å². The Hall–Kier alpha value is -3.08. The fourth-order valence-electron chi connectivity index (χ4n) is 4.07. The Morgan fingerprint density at radius 3 is 2.70 bits per heavy atom. The lowest BCUT2D eigenvalue weighted by atomic mass is 10.2. The largest absolute Gasteiger partial charge is 0.456 e. The number of fused-ring (bicyclic) bond motifs is 1. The highest BCUT2D eigenvalue weighted by molar-refractivity contribution is 7.91. The van der Waals surface area contributed by atoms with E-state index in [1.807, 2.05) is 6.07 Å². The van der Waals surface area contributed by atoms with Gasteiger partial charge in [0.05, 0.1) is 10.7 Å². The van der Waals surface area contributed by atoms with Gasteiger partial charge in [-0.3, -0.25) is 4.79 Å². The van der Waals surface area contributed by atoms with Crippen molar-refractivity contribution in [3.63, 3.8) is 0 Å². The number of nitrogens with zero attached hydrogens (tertiary/aromatic N) is 4. The van der Waals surface area contributed by atoms with Crippen LogP contribution in [-0.2, 0) is 21.1 Å². The molecule has 0 aliphatic carbocycles. The van der Waals surface area contributed by atoms with E-state index in [2.05, 4.69) is 27.1 Å². The van der Waals surface area contributed by atoms with Crippen LogP contribution in [0.15, 0.2) is 48.8 Å². The Bertz CT molecular complexity index is 1420. The second-order valence-corrected chi connectivity index (χ2v) is 12.0. The molecule has 2 heterocycles. The number of carbonyl (C=O) groups excluding carboxylic acids is 1. The van der Waals surface area contributed by atoms with Crippen molar-refractivity contribution in [3.8, 4) is 11.5 Å². The molecular formula is C25H27Cl2N5O4S. The highest BCUT2D eigenvalue weighted by atomic mass is 35.5. The van der Waals surface area contributed by atoms with Crippen molar-refractivity contribution >= 4 is 56.1 Å². The molecule has 12 heteroatoms. The summed E-state index contributed by atoms with van der Waals surface area (Å²) >= 11 is 12.5. The molecule has 3 aromatic rings. The summed E-state index contributed by atoms with van der Waals surface area (Å²) in [6.45, 7) is 2.92. The predicted octanol–water partition coefficient (Wildman–Crippen LogP) is 4.57. The molecular weight excluding hydrogens is 537 g/mol. The van der Waals surface area contributed by atoms with E-state index in [-0.39, 0.29) is 6.04 Å². The number of hydrogen-bond acceptors (Lipinski definition) is 8. The maximum Gasteiger partial charge on any atom is 0.237 e. The maximum absolute atomic E-state index is 12.3. The molecule has 0 radical (unpaired) electrons. The van der Waals surface area contributed by atoms with Crippen LogP contribution in [0.1, 0.15) is 12.6 Å². The summed E-state index contributed by atoms with van der Waals surface area (Å²) in [6, 6.07) is 12.5. The summed E-state index contributed by atoms with van der Waals surface area (Å²) in [5.41, 5.74) is 2.45. The average molecular weight is 564 g/mol. The molecule has 1 aliphatic heterocycles. The Kier molecular flexibility index (Phi) is 8.11. The van der Waals surface area contributed by atoms with Gasteiger partial charge < -0.3 is 19.9 Å². The van der Waals surface area contributed by atoms with Crippen molar-refractivity contribution in [2.45, 2.75) is 19.4 Å². The number of hydrogen-bond donors (Lipinski definition) is 1. The third-order valence-corrected chi connectivity index (χ3v) is 7.21. The van der Waals surface area contributed by atoms with Crippen molar-refractivity contribution in [1.82, 2.24) is 14.9 Å². The number of carbonyl (C=O) groups is 1. The van der Waals surface area contributed by atoms with E-state index in [9.17, 15) is 13.2 Å². The zero-order valence-electron chi connectivity index (χ0n) is 20.6. The lowest BCUT2D eigenvalue weighted by molar-refractivity contribution is -0.127. The lowest BCUT2D eigenvalue weighted by Gasteiger charge is -2.28. The molecule has 0 fully saturated rings. The first-order chi connectivity index (χ1) is 17.5. The van der Waals surface area contributed by atoms with Crippen molar-refractivity contribution in [1.29, 1.82) is 0 Å². The second kappa shape index (κ2) is 11.1. The minimum absolute atomic E-state index is 0.128. The van der Waals surface area contributed by atoms with Gasteiger partial charge >= 0.3 is 0 Å². The zero-order chi connectivity index (χ0) is 26.7. The molecule has 9 nitrogen and oxygen atoms in total. The number of halogens is 2. The molecule has 1 N–H and O–H groups in total. The Morgan fingerprint density at radius 1 is 1.22 bits per heavy atom. The van der Waals surface area contributed by atoms with Crippen LogP contribution >= 0.6 is 23.2 Å². The summed E-state index contributed by atoms with van der Waals surface area (Å²) in [6.07, 6.45) is 3.28. The van der Waals surface area contributed by atoms with Crippen molar-refractivity contribution in [3.05, 3.63) is 64.5 Å². The molecule has 1 amide bonds. The van der Waals surface area contributed by atoms with E-state index >= 15 is 0 Å². The SMILES string of the molecule is CC1Cc2ncnc(Nc3ccc(Oc4cccc(Cl)c4)c(Cl)c3)c2N1CCN(C)C(=O)CS(C)(=O)=O. The van der Waals surface area contributed by atoms with Crippen molar-refractivity contribution in [2.24, 2.45) is 0 Å². The van der Waals surface area contributed by atoms with E-state index in [1.54, 1.807) is 43.4 Å². The van der Waals surface area contributed by atoms with E-state index in [0.717, 1.165) is 24.1 Å². The van der Waals surface area contributed by atoms with Crippen LogP contribution < -0.4 is 15.0 Å². The molecule has 1 unspecified atom stereocenters. The number of amides is 1. The predicted molar refractivity (Wildman–Crippen MR) is 146 cm³/mol. The van der Waals surface area contributed by atoms with Crippen LogP contribution in [0.5, 0.6) is 11.5 Å². The topological polar surface area (TPSA) is 105 Å². The van der Waals surface area contributed by atoms with Gasteiger partial charge in [0.2, 0.25) is 5.91 Å². The average Bonchev–Trinajstić information content (AvgIpc) is 3.14. The number of ether oxygens (including phenoxy) is 1. The van der Waals surface area contributed by atoms with E-state index in [4.69, 9.17) is 27.9 Å². The van der Waals surface area contributed by atoms with Gasteiger partial charge in [0, 0.05) is 49.6 Å². The van der Waals surface area contributed by atoms with Crippen molar-refractivity contribution in [2.75, 3.05) is 42.4 Å². The number of sulfone groups is 1. The van der Waals surface area contributed by atoms with Gasteiger partial charge in [-0.25, -0.2) is 18.4 Å². The fraction of sp³-hybridized carbons (Fsp3) is 0.320. The molecule has 0 spiro atoms. The van der Waals surface area contributed by atoms with Crippen LogP contribution in [0, 0.1) is 0 Å². The van der Waals surface area contributed by atoms with Gasteiger partial charge in [0.15, 0.2) is 15.7 Å². The van der Waals surface area contributed by atoms with Crippen LogP contribution in [0.2, 0.25) is 10.0 Å². The highest BCUT2D eigenvalue weighted by Gasteiger charge is 2.31.